The lowest BCUT2D eigenvalue weighted by Gasteiger charge is -2.31. The third-order valence-electron chi connectivity index (χ3n) is 3.22. The number of hydrogen-bond acceptors (Lipinski definition) is 3. The zero-order chi connectivity index (χ0) is 14.6. The van der Waals surface area contributed by atoms with E-state index >= 15 is 0 Å². The molecule has 0 radical (unpaired) electrons. The molecule has 0 aliphatic carbocycles. The van der Waals surface area contributed by atoms with Gasteiger partial charge >= 0.3 is 0 Å². The first kappa shape index (κ1) is 17.3. The van der Waals surface area contributed by atoms with Crippen molar-refractivity contribution in [2.45, 2.75) is 34.1 Å². The fourth-order valence-electron chi connectivity index (χ4n) is 1.87. The zero-order valence-corrected chi connectivity index (χ0v) is 13.3. The van der Waals surface area contributed by atoms with Crippen molar-refractivity contribution in [3.8, 4) is 0 Å². The fourth-order valence-corrected chi connectivity index (χ4v) is 2.11. The number of carbonyl (C=O) groups is 1. The van der Waals surface area contributed by atoms with Gasteiger partial charge in [0.2, 0.25) is 5.91 Å². The number of nitrogens with zero attached hydrogens (tertiary/aromatic N) is 1. The van der Waals surface area contributed by atoms with Crippen LogP contribution in [0.1, 0.15) is 34.1 Å². The van der Waals surface area contributed by atoms with Crippen LogP contribution in [0.15, 0.2) is 0 Å². The van der Waals surface area contributed by atoms with Gasteiger partial charge in [-0.2, -0.15) is 0 Å². The van der Waals surface area contributed by atoms with Crippen LogP contribution >= 0.6 is 12.2 Å². The lowest BCUT2D eigenvalue weighted by atomic mass is 9.85. The highest BCUT2D eigenvalue weighted by Gasteiger charge is 2.35. The van der Waals surface area contributed by atoms with Gasteiger partial charge in [-0.25, -0.2) is 0 Å². The van der Waals surface area contributed by atoms with Crippen LogP contribution in [-0.4, -0.2) is 43.0 Å². The smallest absolute Gasteiger partial charge is 0.232 e. The Morgan fingerprint density at radius 3 is 2.17 bits per heavy atom. The molecule has 0 aromatic heterocycles. The first-order valence-electron chi connectivity index (χ1n) is 6.28. The summed E-state index contributed by atoms with van der Waals surface area (Å²) < 4.78 is 0. The molecule has 18 heavy (non-hydrogen) atoms. The summed E-state index contributed by atoms with van der Waals surface area (Å²) in [7, 11) is 4.05. The van der Waals surface area contributed by atoms with Crippen molar-refractivity contribution >= 4 is 23.1 Å². The monoisotopic (exact) mass is 273 g/mol. The second-order valence-corrected chi connectivity index (χ2v) is 6.57. The van der Waals surface area contributed by atoms with E-state index in [4.69, 9.17) is 18.0 Å². The third-order valence-corrected chi connectivity index (χ3v) is 3.67. The van der Waals surface area contributed by atoms with Crippen molar-refractivity contribution in [1.82, 2.24) is 10.2 Å². The van der Waals surface area contributed by atoms with E-state index in [-0.39, 0.29) is 16.3 Å². The predicted octanol–water partition coefficient (Wildman–Crippen LogP) is 1.39. The van der Waals surface area contributed by atoms with Crippen molar-refractivity contribution in [2.24, 2.45) is 16.6 Å². The van der Waals surface area contributed by atoms with Crippen molar-refractivity contribution in [1.29, 1.82) is 0 Å². The highest BCUT2D eigenvalue weighted by molar-refractivity contribution is 7.80. The highest BCUT2D eigenvalue weighted by atomic mass is 32.1. The molecule has 106 valence electrons. The first-order valence-corrected chi connectivity index (χ1v) is 6.69. The van der Waals surface area contributed by atoms with Crippen molar-refractivity contribution in [3.05, 3.63) is 0 Å². The van der Waals surface area contributed by atoms with Crippen LogP contribution in [0.3, 0.4) is 0 Å². The van der Waals surface area contributed by atoms with Gasteiger partial charge in [-0.3, -0.25) is 4.79 Å². The van der Waals surface area contributed by atoms with Crippen LogP contribution in [-0.2, 0) is 4.79 Å². The molecule has 1 amide bonds. The molecule has 0 aromatic rings. The second-order valence-electron chi connectivity index (χ2n) is 6.13. The standard InChI is InChI=1S/C13H27N3OS/c1-7-13(4,10(14)18)11(17)15-8-12(2,3)9-16(5)6/h7-9H2,1-6H3,(H2,14,18)(H,15,17). The Labute approximate surface area is 116 Å². The topological polar surface area (TPSA) is 58.4 Å². The summed E-state index contributed by atoms with van der Waals surface area (Å²) in [5.41, 5.74) is 4.94. The number of rotatable bonds is 7. The van der Waals surface area contributed by atoms with E-state index in [0.717, 1.165) is 6.54 Å². The molecule has 0 spiro atoms. The number of amides is 1. The average molecular weight is 273 g/mol. The van der Waals surface area contributed by atoms with Gasteiger partial charge in [-0.05, 0) is 32.9 Å². The molecule has 0 aliphatic heterocycles. The van der Waals surface area contributed by atoms with Gasteiger partial charge in [0.25, 0.3) is 0 Å². The van der Waals surface area contributed by atoms with Gasteiger partial charge in [0.05, 0.1) is 10.4 Å². The molecule has 4 nitrogen and oxygen atoms in total. The predicted molar refractivity (Wildman–Crippen MR) is 80.5 cm³/mol. The lowest BCUT2D eigenvalue weighted by Crippen LogP contribution is -2.49. The fraction of sp³-hybridized carbons (Fsp3) is 0.846. The largest absolute Gasteiger partial charge is 0.392 e. The Morgan fingerprint density at radius 1 is 1.33 bits per heavy atom. The first-order chi connectivity index (χ1) is 8.05. The van der Waals surface area contributed by atoms with Gasteiger partial charge in [-0.1, -0.05) is 33.0 Å². The number of hydrogen-bond donors (Lipinski definition) is 2. The van der Waals surface area contributed by atoms with E-state index in [1.807, 2.05) is 21.0 Å². The van der Waals surface area contributed by atoms with Crippen LogP contribution < -0.4 is 11.1 Å². The Bertz CT molecular complexity index is 315. The summed E-state index contributed by atoms with van der Waals surface area (Å²) in [6, 6.07) is 0. The molecule has 0 saturated carbocycles. The van der Waals surface area contributed by atoms with Gasteiger partial charge in [0.1, 0.15) is 0 Å². The van der Waals surface area contributed by atoms with Crippen molar-refractivity contribution in [3.63, 3.8) is 0 Å². The minimum absolute atomic E-state index is 0.0179. The van der Waals surface area contributed by atoms with E-state index in [1.165, 1.54) is 0 Å². The van der Waals surface area contributed by atoms with Crippen LogP contribution in [0.4, 0.5) is 0 Å². The number of carbonyl (C=O) groups excluding carboxylic acids is 1. The van der Waals surface area contributed by atoms with Crippen molar-refractivity contribution < 1.29 is 4.79 Å². The Kier molecular flexibility index (Phi) is 6.23. The number of nitrogens with two attached hydrogens (primary N) is 1. The molecule has 0 rings (SSSR count). The van der Waals surface area contributed by atoms with Crippen LogP contribution in [0, 0.1) is 10.8 Å². The molecule has 0 aromatic carbocycles. The second kappa shape index (κ2) is 6.48. The van der Waals surface area contributed by atoms with Gasteiger partial charge in [0.15, 0.2) is 0 Å². The molecule has 1 atom stereocenters. The SMILES string of the molecule is CCC(C)(C(=O)NCC(C)(C)CN(C)C)C(N)=S. The Hall–Kier alpha value is -0.680. The summed E-state index contributed by atoms with van der Waals surface area (Å²) >= 11 is 4.99. The van der Waals surface area contributed by atoms with Gasteiger partial charge in [-0.15, -0.1) is 0 Å². The lowest BCUT2D eigenvalue weighted by molar-refractivity contribution is -0.127. The normalized spacial score (nSPS) is 15.3. The Balaban J connectivity index is 4.55. The van der Waals surface area contributed by atoms with Gasteiger partial charge < -0.3 is 16.0 Å². The minimum atomic E-state index is -0.746. The maximum absolute atomic E-state index is 12.2. The maximum Gasteiger partial charge on any atom is 0.232 e. The summed E-state index contributed by atoms with van der Waals surface area (Å²) in [5, 5.41) is 2.97. The molecule has 0 aliphatic rings. The average Bonchev–Trinajstić information content (AvgIpc) is 2.22. The quantitative estimate of drug-likeness (QED) is 0.688. The summed E-state index contributed by atoms with van der Waals surface area (Å²) in [4.78, 5) is 14.5. The molecule has 0 saturated heterocycles. The molecule has 0 heterocycles. The maximum atomic E-state index is 12.2. The van der Waals surface area contributed by atoms with E-state index < -0.39 is 5.41 Å². The molecule has 0 fully saturated rings. The molecule has 3 N–H and O–H groups in total. The molecule has 5 heteroatoms. The zero-order valence-electron chi connectivity index (χ0n) is 12.5. The van der Waals surface area contributed by atoms with Crippen LogP contribution in [0.5, 0.6) is 0 Å². The van der Waals surface area contributed by atoms with Crippen LogP contribution in [0.25, 0.3) is 0 Å². The number of nitrogens with one attached hydrogen (secondary N) is 1. The highest BCUT2D eigenvalue weighted by Crippen LogP contribution is 2.22. The van der Waals surface area contributed by atoms with Gasteiger partial charge in [0, 0.05) is 13.1 Å². The van der Waals surface area contributed by atoms with Crippen LogP contribution in [0.2, 0.25) is 0 Å². The number of thiocarbonyl (C=S) groups is 1. The summed E-state index contributed by atoms with van der Waals surface area (Å²) in [5.74, 6) is -0.0793. The minimum Gasteiger partial charge on any atom is -0.392 e. The van der Waals surface area contributed by atoms with Crippen molar-refractivity contribution in [2.75, 3.05) is 27.2 Å². The molecule has 0 bridgehead atoms. The van der Waals surface area contributed by atoms with E-state index in [2.05, 4.69) is 24.1 Å². The Morgan fingerprint density at radius 2 is 1.83 bits per heavy atom. The summed E-state index contributed by atoms with van der Waals surface area (Å²) in [6.45, 7) is 9.48. The van der Waals surface area contributed by atoms with E-state index in [9.17, 15) is 4.79 Å². The molecule has 1 unspecified atom stereocenters. The molecular formula is C13H27N3OS. The van der Waals surface area contributed by atoms with E-state index in [0.29, 0.717) is 13.0 Å². The third kappa shape index (κ3) is 4.90. The van der Waals surface area contributed by atoms with E-state index in [1.54, 1.807) is 6.92 Å². The molecular weight excluding hydrogens is 246 g/mol. The summed E-state index contributed by atoms with van der Waals surface area (Å²) in [6.07, 6.45) is 0.613.